The number of benzene rings is 3. The third-order valence-electron chi connectivity index (χ3n) is 12.0. The van der Waals surface area contributed by atoms with E-state index < -0.39 is 28.8 Å². The number of esters is 1. The highest BCUT2D eigenvalue weighted by atomic mass is 19.2. The van der Waals surface area contributed by atoms with E-state index in [0.717, 1.165) is 76.1 Å². The summed E-state index contributed by atoms with van der Waals surface area (Å²) in [4.78, 5) is 26.1. The highest BCUT2D eigenvalue weighted by Crippen LogP contribution is 2.50. The minimum absolute atomic E-state index is 0.0449. The first-order valence-electron chi connectivity index (χ1n) is 17.9. The molecule has 268 valence electrons. The molecule has 4 atom stereocenters. The largest absolute Gasteiger partial charge is 0.508 e. The van der Waals surface area contributed by atoms with Gasteiger partial charge in [0.1, 0.15) is 22.9 Å². The Kier molecular flexibility index (Phi) is 7.80. The predicted molar refractivity (Wildman–Crippen MR) is 182 cm³/mol. The van der Waals surface area contributed by atoms with E-state index in [0.29, 0.717) is 37.6 Å². The maximum atomic E-state index is 16.8. The molecule has 4 aromatic rings. The molecule has 9 rings (SSSR count). The van der Waals surface area contributed by atoms with E-state index in [1.54, 1.807) is 0 Å². The van der Waals surface area contributed by atoms with Crippen LogP contribution >= 0.6 is 0 Å². The third-order valence-corrected chi connectivity index (χ3v) is 12.0. The van der Waals surface area contributed by atoms with E-state index in [2.05, 4.69) is 15.2 Å². The average Bonchev–Trinajstić information content (AvgIpc) is 3.75. The number of nitrogens with one attached hydrogen (secondary N) is 1. The quantitative estimate of drug-likeness (QED) is 0.163. The molecule has 3 aromatic carbocycles. The first-order chi connectivity index (χ1) is 24.6. The smallest absolute Gasteiger partial charge is 0.319 e. The fourth-order valence-electron chi connectivity index (χ4n) is 9.28. The number of anilines is 1. The second-order valence-electron chi connectivity index (χ2n) is 15.3. The van der Waals surface area contributed by atoms with Crippen LogP contribution in [0.15, 0.2) is 30.3 Å². The van der Waals surface area contributed by atoms with Crippen LogP contribution in [0.2, 0.25) is 0 Å². The Balaban J connectivity index is 1.08. The number of aromatic hydroxyl groups is 1. The molecule has 5 fully saturated rings. The first-order valence-corrected chi connectivity index (χ1v) is 17.9. The molecular weight excluding hydrogens is 666 g/mol. The van der Waals surface area contributed by atoms with E-state index in [9.17, 15) is 14.3 Å². The van der Waals surface area contributed by atoms with Crippen LogP contribution in [0.4, 0.5) is 23.4 Å². The Hall–Kier alpha value is -4.23. The molecule has 0 amide bonds. The normalized spacial score (nSPS) is 26.6. The summed E-state index contributed by atoms with van der Waals surface area (Å²) in [6, 6.07) is 6.52. The maximum absolute atomic E-state index is 16.8. The molecule has 1 aromatic heterocycles. The fraction of sp³-hybridized carbons (Fsp3) is 0.500. The van der Waals surface area contributed by atoms with Crippen molar-refractivity contribution in [2.24, 2.45) is 11.3 Å². The van der Waals surface area contributed by atoms with E-state index in [-0.39, 0.29) is 68.4 Å². The van der Waals surface area contributed by atoms with Crippen LogP contribution in [0.3, 0.4) is 0 Å². The number of nitrogens with zero attached hydrogens (tertiary/aromatic N) is 4. The van der Waals surface area contributed by atoms with Gasteiger partial charge in [-0.25, -0.2) is 17.6 Å². The molecule has 13 heteroatoms. The fourth-order valence-corrected chi connectivity index (χ4v) is 9.28. The summed E-state index contributed by atoms with van der Waals surface area (Å²) >= 11 is 0. The molecule has 4 aliphatic heterocycles. The molecule has 1 aliphatic carbocycles. The van der Waals surface area contributed by atoms with Gasteiger partial charge >= 0.3 is 12.0 Å². The van der Waals surface area contributed by atoms with Crippen molar-refractivity contribution < 1.29 is 36.9 Å². The monoisotopic (exact) mass is 705 g/mol. The Morgan fingerprint density at radius 3 is 2.37 bits per heavy atom. The van der Waals surface area contributed by atoms with Gasteiger partial charge in [0.25, 0.3) is 0 Å². The first kappa shape index (κ1) is 32.7. The van der Waals surface area contributed by atoms with Gasteiger partial charge in [-0.2, -0.15) is 9.97 Å². The summed E-state index contributed by atoms with van der Waals surface area (Å²) in [5.41, 5.74) is -1.31. The van der Waals surface area contributed by atoms with Gasteiger partial charge in [-0.15, -0.1) is 0 Å². The van der Waals surface area contributed by atoms with Gasteiger partial charge in [0.2, 0.25) is 0 Å². The van der Waals surface area contributed by atoms with Crippen molar-refractivity contribution in [2.45, 2.75) is 75.5 Å². The van der Waals surface area contributed by atoms with Crippen molar-refractivity contribution in [1.82, 2.24) is 20.2 Å². The number of rotatable bonds is 8. The Bertz CT molecular complexity index is 2050. The van der Waals surface area contributed by atoms with Crippen molar-refractivity contribution >= 4 is 33.5 Å². The van der Waals surface area contributed by atoms with Crippen molar-refractivity contribution in [3.05, 3.63) is 53.6 Å². The number of fused-ring (bicyclic) bond motifs is 6. The highest BCUT2D eigenvalue weighted by molar-refractivity contribution is 6.02. The highest BCUT2D eigenvalue weighted by Gasteiger charge is 2.51. The van der Waals surface area contributed by atoms with E-state index in [4.69, 9.17) is 14.5 Å². The molecule has 4 unspecified atom stereocenters. The predicted octanol–water partition coefficient (Wildman–Crippen LogP) is 6.23. The SMILES string of the molecule is COC(=O)C1CC2CCC(C1)N2CC1(COc2nc(N3CC4CCC(C3)N4)c3cc(F)c(-c4cc(O)cc5ccc(F)c(F)c45)c(F)c3n2)CC1. The van der Waals surface area contributed by atoms with Gasteiger partial charge < -0.3 is 24.8 Å². The number of phenols is 1. The minimum atomic E-state index is -1.28. The molecule has 5 aliphatic rings. The van der Waals surface area contributed by atoms with Crippen LogP contribution in [-0.2, 0) is 9.53 Å². The molecule has 4 saturated heterocycles. The average molecular weight is 706 g/mol. The number of methoxy groups -OCH3 is 1. The Morgan fingerprint density at radius 2 is 1.69 bits per heavy atom. The zero-order valence-electron chi connectivity index (χ0n) is 28.2. The standard InChI is InChI=1S/C38H39F4N5O4/c1-50-36(49)20-10-23-5-6-24(11-20)47(23)17-38(8-9-38)18-51-37-44-34-27(35(45-37)46-15-21-3-4-22(16-46)43-21)14-29(40)31(33(34)42)26-13-25(48)12-19-2-7-28(39)32(41)30(19)26/h2,7,12-14,20-24,43,48H,3-6,8-11,15-18H2,1H3. The number of ether oxygens (including phenoxy) is 2. The Labute approximate surface area is 291 Å². The van der Waals surface area contributed by atoms with Crippen LogP contribution in [0, 0.1) is 34.6 Å². The minimum Gasteiger partial charge on any atom is -0.508 e. The summed E-state index contributed by atoms with van der Waals surface area (Å²) in [6.45, 7) is 2.29. The number of hydrogen-bond acceptors (Lipinski definition) is 9. The van der Waals surface area contributed by atoms with Gasteiger partial charge in [-0.1, -0.05) is 6.07 Å². The lowest BCUT2D eigenvalue weighted by molar-refractivity contribution is -0.148. The molecule has 0 radical (unpaired) electrons. The van der Waals surface area contributed by atoms with Gasteiger partial charge in [0.15, 0.2) is 17.5 Å². The molecular formula is C38H39F4N5O4. The number of piperazine rings is 1. The number of hydrogen-bond donors (Lipinski definition) is 2. The number of halogens is 4. The Morgan fingerprint density at radius 1 is 0.961 bits per heavy atom. The topological polar surface area (TPSA) is 100 Å². The van der Waals surface area contributed by atoms with Crippen LogP contribution in [-0.4, -0.2) is 83.5 Å². The number of piperidine rings is 1. The van der Waals surface area contributed by atoms with Crippen molar-refractivity contribution in [1.29, 1.82) is 0 Å². The molecule has 0 spiro atoms. The summed E-state index contributed by atoms with van der Waals surface area (Å²) in [6.07, 6.45) is 7.51. The second kappa shape index (κ2) is 12.2. The molecule has 5 heterocycles. The van der Waals surface area contributed by atoms with Gasteiger partial charge in [0.05, 0.1) is 25.2 Å². The van der Waals surface area contributed by atoms with Crippen molar-refractivity contribution in [3.8, 4) is 22.9 Å². The molecule has 4 bridgehead atoms. The lowest BCUT2D eigenvalue weighted by atomic mass is 9.89. The third kappa shape index (κ3) is 5.63. The van der Waals surface area contributed by atoms with Crippen LogP contribution in [0.5, 0.6) is 11.8 Å². The molecule has 2 N–H and O–H groups in total. The van der Waals surface area contributed by atoms with E-state index >= 15 is 13.2 Å². The zero-order chi connectivity index (χ0) is 35.2. The number of carbonyl (C=O) groups is 1. The number of carbonyl (C=O) groups excluding carboxylic acids is 1. The number of phenolic OH excluding ortho intramolecular Hbond substituents is 1. The lowest BCUT2D eigenvalue weighted by Crippen LogP contribution is -2.51. The maximum Gasteiger partial charge on any atom is 0.319 e. The van der Waals surface area contributed by atoms with Gasteiger partial charge in [0, 0.05) is 65.6 Å². The van der Waals surface area contributed by atoms with Gasteiger partial charge in [-0.3, -0.25) is 9.69 Å². The zero-order valence-corrected chi connectivity index (χ0v) is 28.2. The van der Waals surface area contributed by atoms with Crippen molar-refractivity contribution in [2.75, 3.05) is 38.3 Å². The van der Waals surface area contributed by atoms with Crippen LogP contribution < -0.4 is 15.0 Å². The lowest BCUT2D eigenvalue weighted by Gasteiger charge is -2.40. The van der Waals surface area contributed by atoms with E-state index in [1.165, 1.54) is 19.2 Å². The summed E-state index contributed by atoms with van der Waals surface area (Å²) < 4.78 is 74.1. The molecule has 51 heavy (non-hydrogen) atoms. The summed E-state index contributed by atoms with van der Waals surface area (Å²) in [5, 5.41) is 13.9. The van der Waals surface area contributed by atoms with E-state index in [1.807, 2.05) is 4.90 Å². The number of aromatic nitrogens is 2. The van der Waals surface area contributed by atoms with Crippen molar-refractivity contribution in [3.63, 3.8) is 0 Å². The second-order valence-corrected chi connectivity index (χ2v) is 15.3. The molecule has 1 saturated carbocycles. The summed E-state index contributed by atoms with van der Waals surface area (Å²) in [7, 11) is 1.44. The van der Waals surface area contributed by atoms with Crippen LogP contribution in [0.1, 0.15) is 51.4 Å². The van der Waals surface area contributed by atoms with Crippen LogP contribution in [0.25, 0.3) is 32.8 Å². The summed E-state index contributed by atoms with van der Waals surface area (Å²) in [5.74, 6) is -4.77. The van der Waals surface area contributed by atoms with Gasteiger partial charge in [-0.05, 0) is 81.0 Å². The molecule has 9 nitrogen and oxygen atoms in total.